The lowest BCUT2D eigenvalue weighted by molar-refractivity contribution is 0.482. The molecule has 0 saturated heterocycles. The van der Waals surface area contributed by atoms with Gasteiger partial charge in [0.1, 0.15) is 4.90 Å². The Morgan fingerprint density at radius 2 is 2.05 bits per heavy atom. The summed E-state index contributed by atoms with van der Waals surface area (Å²) in [6.07, 6.45) is 3.61. The van der Waals surface area contributed by atoms with Crippen LogP contribution in [0.4, 0.5) is 0 Å². The fourth-order valence-electron chi connectivity index (χ4n) is 1.88. The highest BCUT2D eigenvalue weighted by molar-refractivity contribution is 7.89. The number of nitrogens with one attached hydrogen (secondary N) is 1. The average molecular weight is 295 g/mol. The van der Waals surface area contributed by atoms with Crippen LogP contribution >= 0.6 is 0 Å². The molecule has 0 bridgehead atoms. The second-order valence-electron chi connectivity index (χ2n) is 5.07. The van der Waals surface area contributed by atoms with Crippen molar-refractivity contribution in [1.29, 1.82) is 0 Å². The SMILES string of the molecule is CC(C)CC(C)NS(=O)(=O)c1cncc(C#CCN)c1. The van der Waals surface area contributed by atoms with Gasteiger partial charge in [0.15, 0.2) is 0 Å². The van der Waals surface area contributed by atoms with Crippen LogP contribution in [0.15, 0.2) is 23.4 Å². The summed E-state index contributed by atoms with van der Waals surface area (Å²) >= 11 is 0. The van der Waals surface area contributed by atoms with Gasteiger partial charge in [-0.05, 0) is 25.3 Å². The number of nitrogens with zero attached hydrogens (tertiary/aromatic N) is 1. The number of hydrogen-bond donors (Lipinski definition) is 2. The van der Waals surface area contributed by atoms with Gasteiger partial charge in [-0.1, -0.05) is 25.7 Å². The second-order valence-corrected chi connectivity index (χ2v) is 6.78. The fourth-order valence-corrected chi connectivity index (χ4v) is 3.12. The van der Waals surface area contributed by atoms with Gasteiger partial charge in [0.2, 0.25) is 10.0 Å². The molecule has 5 nitrogen and oxygen atoms in total. The number of pyridine rings is 1. The van der Waals surface area contributed by atoms with Crippen molar-refractivity contribution in [1.82, 2.24) is 9.71 Å². The van der Waals surface area contributed by atoms with E-state index < -0.39 is 10.0 Å². The first-order valence-corrected chi connectivity index (χ1v) is 7.99. The lowest BCUT2D eigenvalue weighted by atomic mass is 10.1. The molecule has 0 spiro atoms. The van der Waals surface area contributed by atoms with E-state index in [0.717, 1.165) is 6.42 Å². The van der Waals surface area contributed by atoms with E-state index in [-0.39, 0.29) is 17.5 Å². The molecule has 0 aliphatic heterocycles. The van der Waals surface area contributed by atoms with E-state index in [4.69, 9.17) is 5.73 Å². The third-order valence-corrected chi connectivity index (χ3v) is 4.10. The van der Waals surface area contributed by atoms with Crippen molar-refractivity contribution in [2.75, 3.05) is 6.54 Å². The van der Waals surface area contributed by atoms with Gasteiger partial charge in [0, 0.05) is 24.0 Å². The number of rotatable bonds is 5. The van der Waals surface area contributed by atoms with Crippen molar-refractivity contribution in [3.63, 3.8) is 0 Å². The lowest BCUT2D eigenvalue weighted by Gasteiger charge is -2.16. The Hall–Kier alpha value is -1.42. The van der Waals surface area contributed by atoms with Gasteiger partial charge in [-0.3, -0.25) is 4.98 Å². The quantitative estimate of drug-likeness (QED) is 0.797. The van der Waals surface area contributed by atoms with Gasteiger partial charge in [-0.25, -0.2) is 13.1 Å². The summed E-state index contributed by atoms with van der Waals surface area (Å²) in [4.78, 5) is 4.03. The molecule has 0 amide bonds. The topological polar surface area (TPSA) is 85.1 Å². The zero-order valence-corrected chi connectivity index (χ0v) is 12.9. The summed E-state index contributed by atoms with van der Waals surface area (Å²) in [6, 6.07) is 1.37. The van der Waals surface area contributed by atoms with Crippen LogP contribution in [0.1, 0.15) is 32.8 Å². The Kier molecular flexibility index (Phi) is 6.14. The Morgan fingerprint density at radius 1 is 1.35 bits per heavy atom. The van der Waals surface area contributed by atoms with Crippen LogP contribution in [0.5, 0.6) is 0 Å². The fraction of sp³-hybridized carbons (Fsp3) is 0.500. The summed E-state index contributed by atoms with van der Waals surface area (Å²) in [6.45, 7) is 6.18. The summed E-state index contributed by atoms with van der Waals surface area (Å²) in [5.74, 6) is 5.87. The average Bonchev–Trinajstić information content (AvgIpc) is 2.35. The normalized spacial score (nSPS) is 12.8. The highest BCUT2D eigenvalue weighted by atomic mass is 32.2. The molecule has 110 valence electrons. The first-order chi connectivity index (χ1) is 9.35. The summed E-state index contributed by atoms with van der Waals surface area (Å²) < 4.78 is 27.1. The van der Waals surface area contributed by atoms with E-state index in [1.54, 1.807) is 0 Å². The maximum absolute atomic E-state index is 12.2. The minimum atomic E-state index is -3.56. The predicted molar refractivity (Wildman–Crippen MR) is 79.4 cm³/mol. The molecule has 1 heterocycles. The Morgan fingerprint density at radius 3 is 2.65 bits per heavy atom. The van der Waals surface area contributed by atoms with Gasteiger partial charge in [-0.2, -0.15) is 0 Å². The van der Waals surface area contributed by atoms with Crippen molar-refractivity contribution in [3.05, 3.63) is 24.0 Å². The summed E-state index contributed by atoms with van der Waals surface area (Å²) in [7, 11) is -3.56. The lowest BCUT2D eigenvalue weighted by Crippen LogP contribution is -2.33. The van der Waals surface area contributed by atoms with Crippen LogP contribution in [0.2, 0.25) is 0 Å². The van der Waals surface area contributed by atoms with Gasteiger partial charge in [0.25, 0.3) is 0 Å². The van der Waals surface area contributed by atoms with Crippen LogP contribution in [0.25, 0.3) is 0 Å². The predicted octanol–water partition coefficient (Wildman–Crippen LogP) is 1.10. The van der Waals surface area contributed by atoms with Crippen molar-refractivity contribution >= 4 is 10.0 Å². The van der Waals surface area contributed by atoms with Gasteiger partial charge < -0.3 is 5.73 Å². The first kappa shape index (κ1) is 16.6. The summed E-state index contributed by atoms with van der Waals surface area (Å²) in [5.41, 5.74) is 5.82. The molecule has 6 heteroatoms. The van der Waals surface area contributed by atoms with Crippen molar-refractivity contribution in [2.24, 2.45) is 11.7 Å². The molecule has 1 unspecified atom stereocenters. The van der Waals surface area contributed by atoms with E-state index in [1.165, 1.54) is 18.5 Å². The number of nitrogens with two attached hydrogens (primary N) is 1. The molecular weight excluding hydrogens is 274 g/mol. The molecule has 0 aliphatic carbocycles. The molecule has 0 aromatic carbocycles. The van der Waals surface area contributed by atoms with Crippen molar-refractivity contribution in [2.45, 2.75) is 38.1 Å². The smallest absolute Gasteiger partial charge is 0.242 e. The van der Waals surface area contributed by atoms with Crippen molar-refractivity contribution in [3.8, 4) is 11.8 Å². The molecule has 0 radical (unpaired) electrons. The molecule has 0 aliphatic rings. The molecule has 0 fully saturated rings. The van der Waals surface area contributed by atoms with Crippen molar-refractivity contribution < 1.29 is 8.42 Å². The molecule has 1 rings (SSSR count). The zero-order valence-electron chi connectivity index (χ0n) is 12.1. The minimum absolute atomic E-state index is 0.122. The third kappa shape index (κ3) is 5.29. The van der Waals surface area contributed by atoms with Gasteiger partial charge in [0.05, 0.1) is 6.54 Å². The Bertz CT molecular complexity index is 600. The van der Waals surface area contributed by atoms with Gasteiger partial charge in [-0.15, -0.1) is 0 Å². The molecule has 0 saturated carbocycles. The van der Waals surface area contributed by atoms with E-state index in [9.17, 15) is 8.42 Å². The maximum Gasteiger partial charge on any atom is 0.242 e. The minimum Gasteiger partial charge on any atom is -0.320 e. The Labute approximate surface area is 121 Å². The summed E-state index contributed by atoms with van der Waals surface area (Å²) in [5, 5.41) is 0. The molecule has 1 aromatic heterocycles. The standard InChI is InChI=1S/C14H21N3O2S/c1-11(2)7-12(3)17-20(18,19)14-8-13(5-4-6-15)9-16-10-14/h8-12,17H,6-7,15H2,1-3H3. The van der Waals surface area contributed by atoms with Crippen LogP contribution in [-0.2, 0) is 10.0 Å². The van der Waals surface area contributed by atoms with Crippen LogP contribution in [-0.4, -0.2) is 26.0 Å². The number of aromatic nitrogens is 1. The van der Waals surface area contributed by atoms with E-state index in [1.807, 2.05) is 6.92 Å². The van der Waals surface area contributed by atoms with Crippen LogP contribution in [0, 0.1) is 17.8 Å². The highest BCUT2D eigenvalue weighted by Crippen LogP contribution is 2.12. The van der Waals surface area contributed by atoms with E-state index in [2.05, 4.69) is 35.4 Å². The molecule has 1 aromatic rings. The first-order valence-electron chi connectivity index (χ1n) is 6.51. The molecule has 20 heavy (non-hydrogen) atoms. The number of hydrogen-bond acceptors (Lipinski definition) is 4. The molecule has 1 atom stereocenters. The molecular formula is C14H21N3O2S. The van der Waals surface area contributed by atoms with E-state index in [0.29, 0.717) is 11.5 Å². The largest absolute Gasteiger partial charge is 0.320 e. The zero-order chi connectivity index (χ0) is 15.2. The number of sulfonamides is 1. The highest BCUT2D eigenvalue weighted by Gasteiger charge is 2.18. The maximum atomic E-state index is 12.2. The van der Waals surface area contributed by atoms with Crippen LogP contribution in [0.3, 0.4) is 0 Å². The Balaban J connectivity index is 2.92. The molecule has 3 N–H and O–H groups in total. The van der Waals surface area contributed by atoms with Crippen LogP contribution < -0.4 is 10.5 Å². The van der Waals surface area contributed by atoms with Gasteiger partial charge >= 0.3 is 0 Å². The second kappa shape index (κ2) is 7.39. The van der Waals surface area contributed by atoms with E-state index >= 15 is 0 Å². The monoisotopic (exact) mass is 295 g/mol. The third-order valence-electron chi connectivity index (χ3n) is 2.54.